The van der Waals surface area contributed by atoms with E-state index in [1.54, 1.807) is 0 Å². The van der Waals surface area contributed by atoms with Crippen molar-refractivity contribution in [2.75, 3.05) is 39.3 Å². The first-order valence-electron chi connectivity index (χ1n) is 18.3. The molecule has 6 fully saturated rings. The van der Waals surface area contributed by atoms with E-state index in [1.807, 2.05) is 0 Å². The molecule has 0 aromatic carbocycles. The molecule has 6 aliphatic rings. The molecule has 0 aromatic heterocycles. The standard InChI is InChI=1S/C10H19N.C9H17NO.C9H19N.C8H17N.3CH4/c1-8(2)11-9-4-3-5-10(11)7-6-9;1-7(2)10-5-8-3-4-9(6-10)11-8;1-9(2)10-7-5-3-4-6-8-10;1-8(2)9-6-4-3-5-7-9;;;/h8-10H,3-7H2,1-2H3;7-9H,3-6H2,1-2H3;9H,3-8H2,1-2H3;8H,3-7H2,1-2H3;3*1H4. The number of hydrogen-bond acceptors (Lipinski definition) is 5. The Bertz CT molecular complexity index is 641. The molecule has 5 nitrogen and oxygen atoms in total. The number of likely N-dealkylation sites (tertiary alicyclic amines) is 3. The number of morpholine rings is 1. The Balaban J connectivity index is 0.000000550. The Morgan fingerprint density at radius 2 is 0.773 bits per heavy atom. The lowest BCUT2D eigenvalue weighted by Gasteiger charge is -2.37. The van der Waals surface area contributed by atoms with Gasteiger partial charge in [-0.25, -0.2) is 0 Å². The lowest BCUT2D eigenvalue weighted by molar-refractivity contribution is -0.0480. The van der Waals surface area contributed by atoms with E-state index in [-0.39, 0.29) is 22.3 Å². The van der Waals surface area contributed by atoms with Crippen LogP contribution in [0.2, 0.25) is 0 Å². The molecular weight excluding hydrogens is 540 g/mol. The zero-order valence-corrected chi connectivity index (χ0v) is 29.0. The topological polar surface area (TPSA) is 22.2 Å². The van der Waals surface area contributed by atoms with E-state index in [4.69, 9.17) is 4.74 Å². The monoisotopic (exact) mass is 625 g/mol. The van der Waals surface area contributed by atoms with E-state index in [0.29, 0.717) is 18.2 Å². The van der Waals surface area contributed by atoms with Gasteiger partial charge < -0.3 is 14.5 Å². The van der Waals surface area contributed by atoms with Gasteiger partial charge in [0.15, 0.2) is 0 Å². The van der Waals surface area contributed by atoms with Crippen LogP contribution in [-0.2, 0) is 4.74 Å². The summed E-state index contributed by atoms with van der Waals surface area (Å²) in [5.41, 5.74) is 0. The van der Waals surface area contributed by atoms with Crippen molar-refractivity contribution in [3.63, 3.8) is 0 Å². The van der Waals surface area contributed by atoms with Crippen LogP contribution in [-0.4, -0.2) is 107 Å². The Labute approximate surface area is 279 Å². The third-order valence-electron chi connectivity index (χ3n) is 10.6. The van der Waals surface area contributed by atoms with Gasteiger partial charge in [0, 0.05) is 49.3 Å². The van der Waals surface area contributed by atoms with Gasteiger partial charge in [-0.15, -0.1) is 0 Å². The Kier molecular flexibility index (Phi) is 23.1. The second-order valence-corrected chi connectivity index (χ2v) is 15.1. The molecule has 5 heteroatoms. The Morgan fingerprint density at radius 1 is 0.409 bits per heavy atom. The molecule has 0 N–H and O–H groups in total. The minimum atomic E-state index is 0. The summed E-state index contributed by atoms with van der Waals surface area (Å²) < 4.78 is 5.74. The summed E-state index contributed by atoms with van der Waals surface area (Å²) in [6.07, 6.45) is 21.0. The SMILES string of the molecule is C.C.C.CC(C)N1C2CCCC1CC2.CC(C)N1CC2CCC(C1)O2.CC(C)N1CCCCC1.CC(C)N1CCCCCC1. The maximum atomic E-state index is 5.74. The first kappa shape index (κ1) is 43.8. The number of hydrogen-bond donors (Lipinski definition) is 0. The van der Waals surface area contributed by atoms with Crippen LogP contribution >= 0.6 is 0 Å². The maximum absolute atomic E-state index is 5.74. The zero-order chi connectivity index (χ0) is 29.8. The van der Waals surface area contributed by atoms with Gasteiger partial charge in [-0.2, -0.15) is 0 Å². The second-order valence-electron chi connectivity index (χ2n) is 15.1. The fourth-order valence-electron chi connectivity index (χ4n) is 8.11. The van der Waals surface area contributed by atoms with E-state index < -0.39 is 0 Å². The third kappa shape index (κ3) is 14.7. The van der Waals surface area contributed by atoms with Crippen LogP contribution in [0.15, 0.2) is 0 Å². The van der Waals surface area contributed by atoms with E-state index in [0.717, 1.165) is 43.3 Å². The van der Waals surface area contributed by atoms with Crippen LogP contribution in [0.5, 0.6) is 0 Å². The lowest BCUT2D eigenvalue weighted by atomic mass is 10.0. The maximum Gasteiger partial charge on any atom is 0.0707 e. The fourth-order valence-corrected chi connectivity index (χ4v) is 8.11. The van der Waals surface area contributed by atoms with Crippen molar-refractivity contribution in [2.45, 2.75) is 216 Å². The van der Waals surface area contributed by atoms with E-state index in [1.165, 1.54) is 116 Å². The molecule has 6 aliphatic heterocycles. The van der Waals surface area contributed by atoms with Gasteiger partial charge in [0.1, 0.15) is 0 Å². The predicted octanol–water partition coefficient (Wildman–Crippen LogP) is 9.73. The summed E-state index contributed by atoms with van der Waals surface area (Å²) in [4.78, 5) is 10.4. The van der Waals surface area contributed by atoms with Crippen molar-refractivity contribution >= 4 is 0 Å². The molecule has 6 heterocycles. The molecule has 4 unspecified atom stereocenters. The largest absolute Gasteiger partial charge is 0.372 e. The highest BCUT2D eigenvalue weighted by Gasteiger charge is 2.37. The lowest BCUT2D eigenvalue weighted by Crippen LogP contribution is -2.45. The zero-order valence-electron chi connectivity index (χ0n) is 29.0. The highest BCUT2D eigenvalue weighted by atomic mass is 16.5. The average molecular weight is 625 g/mol. The van der Waals surface area contributed by atoms with Crippen LogP contribution in [0, 0.1) is 0 Å². The van der Waals surface area contributed by atoms with E-state index in [2.05, 4.69) is 75.0 Å². The molecule has 0 spiro atoms. The first-order chi connectivity index (χ1) is 19.7. The molecule has 4 atom stereocenters. The van der Waals surface area contributed by atoms with Crippen molar-refractivity contribution in [1.82, 2.24) is 19.6 Å². The van der Waals surface area contributed by atoms with Gasteiger partial charge in [-0.3, -0.25) is 9.80 Å². The first-order valence-corrected chi connectivity index (χ1v) is 18.3. The molecule has 0 radical (unpaired) electrons. The van der Waals surface area contributed by atoms with Gasteiger partial charge in [0.2, 0.25) is 0 Å². The fraction of sp³-hybridized carbons (Fsp3) is 1.00. The summed E-state index contributed by atoms with van der Waals surface area (Å²) in [5, 5.41) is 0. The summed E-state index contributed by atoms with van der Waals surface area (Å²) in [6, 6.07) is 4.92. The molecule has 0 aliphatic carbocycles. The van der Waals surface area contributed by atoms with Crippen LogP contribution in [0.3, 0.4) is 0 Å². The van der Waals surface area contributed by atoms with Gasteiger partial charge in [0.25, 0.3) is 0 Å². The normalized spacial score (nSPS) is 29.2. The highest BCUT2D eigenvalue weighted by Crippen LogP contribution is 2.36. The summed E-state index contributed by atoms with van der Waals surface area (Å²) in [5.74, 6) is 0. The van der Waals surface area contributed by atoms with Gasteiger partial charge >= 0.3 is 0 Å². The summed E-state index contributed by atoms with van der Waals surface area (Å²) >= 11 is 0. The highest BCUT2D eigenvalue weighted by molar-refractivity contribution is 4.93. The van der Waals surface area contributed by atoms with Gasteiger partial charge in [-0.05, 0) is 146 Å². The minimum Gasteiger partial charge on any atom is -0.372 e. The molecular formula is C39H84N4O. The van der Waals surface area contributed by atoms with Crippen molar-refractivity contribution in [3.8, 4) is 0 Å². The van der Waals surface area contributed by atoms with Crippen molar-refractivity contribution in [2.24, 2.45) is 0 Å². The molecule has 0 aromatic rings. The summed E-state index contributed by atoms with van der Waals surface area (Å²) in [7, 11) is 0. The number of ether oxygens (including phenoxy) is 1. The average Bonchev–Trinajstić information content (AvgIpc) is 3.27. The van der Waals surface area contributed by atoms with E-state index >= 15 is 0 Å². The van der Waals surface area contributed by atoms with Crippen molar-refractivity contribution in [1.29, 1.82) is 0 Å². The predicted molar refractivity (Wildman–Crippen MR) is 198 cm³/mol. The molecule has 4 bridgehead atoms. The van der Waals surface area contributed by atoms with Crippen LogP contribution in [0.25, 0.3) is 0 Å². The second kappa shape index (κ2) is 23.2. The number of nitrogens with zero attached hydrogens (tertiary/aromatic N) is 4. The van der Waals surface area contributed by atoms with Crippen molar-refractivity contribution < 1.29 is 4.74 Å². The van der Waals surface area contributed by atoms with Crippen LogP contribution in [0.4, 0.5) is 0 Å². The Hall–Kier alpha value is -0.200. The van der Waals surface area contributed by atoms with Gasteiger partial charge in [0.05, 0.1) is 12.2 Å². The number of fused-ring (bicyclic) bond motifs is 4. The molecule has 6 saturated heterocycles. The van der Waals surface area contributed by atoms with Gasteiger partial charge in [-0.1, -0.05) is 48.0 Å². The third-order valence-corrected chi connectivity index (χ3v) is 10.6. The quantitative estimate of drug-likeness (QED) is 0.310. The number of piperidine rings is 2. The van der Waals surface area contributed by atoms with Crippen molar-refractivity contribution in [3.05, 3.63) is 0 Å². The summed E-state index contributed by atoms with van der Waals surface area (Å²) in [6.45, 7) is 26.0. The molecule has 266 valence electrons. The molecule has 44 heavy (non-hydrogen) atoms. The van der Waals surface area contributed by atoms with E-state index in [9.17, 15) is 0 Å². The molecule has 6 rings (SSSR count). The molecule has 0 saturated carbocycles. The van der Waals surface area contributed by atoms with Crippen LogP contribution in [0.1, 0.15) is 168 Å². The minimum absolute atomic E-state index is 0. The van der Waals surface area contributed by atoms with Crippen LogP contribution < -0.4 is 0 Å². The molecule has 0 amide bonds. The smallest absolute Gasteiger partial charge is 0.0707 e. The Morgan fingerprint density at radius 3 is 1.09 bits per heavy atom. The number of rotatable bonds is 4.